The predicted molar refractivity (Wildman–Crippen MR) is 117 cm³/mol. The Balaban J connectivity index is 1.47. The molecule has 30 heavy (non-hydrogen) atoms. The summed E-state index contributed by atoms with van der Waals surface area (Å²) in [5.41, 5.74) is 1.60. The first kappa shape index (κ1) is 20.5. The van der Waals surface area contributed by atoms with Crippen LogP contribution in [-0.2, 0) is 0 Å². The van der Waals surface area contributed by atoms with Crippen LogP contribution in [0.5, 0.6) is 11.5 Å². The third kappa shape index (κ3) is 4.36. The number of carbonyl (C=O) groups is 2. The summed E-state index contributed by atoms with van der Waals surface area (Å²) < 4.78 is 11.3. The van der Waals surface area contributed by atoms with Crippen LogP contribution < -0.4 is 9.47 Å². The van der Waals surface area contributed by atoms with Crippen molar-refractivity contribution in [2.24, 2.45) is 0 Å². The van der Waals surface area contributed by atoms with E-state index >= 15 is 0 Å². The van der Waals surface area contributed by atoms with Crippen molar-refractivity contribution in [3.05, 3.63) is 98.2 Å². The van der Waals surface area contributed by atoms with Crippen molar-refractivity contribution < 1.29 is 19.1 Å². The number of rotatable bonds is 5. The van der Waals surface area contributed by atoms with E-state index in [9.17, 15) is 9.59 Å². The molecule has 1 heterocycles. The number of ether oxygens (including phenoxy) is 2. The molecule has 3 aromatic carbocycles. The molecule has 1 aliphatic rings. The van der Waals surface area contributed by atoms with Crippen LogP contribution >= 0.6 is 34.8 Å². The van der Waals surface area contributed by atoms with Crippen molar-refractivity contribution in [1.29, 1.82) is 0 Å². The standard InChI is InChI=1S/C23H13Cl3O4/c24-15-4-2-14(3-5-15)20(27)12-29-16-6-7-17-21(11-16)30-22(23(17)28)10-13-1-8-18(25)19(26)9-13/h1-11H,12H2. The average Bonchev–Trinajstić information content (AvgIpc) is 3.04. The smallest absolute Gasteiger partial charge is 0.231 e. The van der Waals surface area contributed by atoms with Crippen molar-refractivity contribution >= 4 is 52.4 Å². The second kappa shape index (κ2) is 8.52. The molecule has 3 aromatic rings. The summed E-state index contributed by atoms with van der Waals surface area (Å²) in [5.74, 6) is 0.504. The molecule has 0 fully saturated rings. The van der Waals surface area contributed by atoms with Crippen LogP contribution in [0.25, 0.3) is 6.08 Å². The zero-order valence-corrected chi connectivity index (χ0v) is 17.6. The number of fused-ring (bicyclic) bond motifs is 1. The first-order valence-corrected chi connectivity index (χ1v) is 9.99. The highest BCUT2D eigenvalue weighted by Gasteiger charge is 2.28. The van der Waals surface area contributed by atoms with Crippen LogP contribution in [0.2, 0.25) is 15.1 Å². The van der Waals surface area contributed by atoms with Gasteiger partial charge >= 0.3 is 0 Å². The summed E-state index contributed by atoms with van der Waals surface area (Å²) >= 11 is 17.8. The molecule has 0 aromatic heterocycles. The van der Waals surface area contributed by atoms with Gasteiger partial charge in [0.1, 0.15) is 11.5 Å². The van der Waals surface area contributed by atoms with E-state index in [-0.39, 0.29) is 23.9 Å². The SMILES string of the molecule is O=C(COc1ccc2c(c1)OC(=Cc1ccc(Cl)c(Cl)c1)C2=O)c1ccc(Cl)cc1. The second-order valence-corrected chi connectivity index (χ2v) is 7.74. The van der Waals surface area contributed by atoms with E-state index in [1.54, 1.807) is 66.7 Å². The zero-order chi connectivity index (χ0) is 21.3. The Morgan fingerprint density at radius 1 is 0.933 bits per heavy atom. The van der Waals surface area contributed by atoms with E-state index in [4.69, 9.17) is 44.3 Å². The van der Waals surface area contributed by atoms with Gasteiger partial charge in [-0.25, -0.2) is 0 Å². The number of benzene rings is 3. The fourth-order valence-electron chi connectivity index (χ4n) is 2.88. The first-order chi connectivity index (χ1) is 14.4. The van der Waals surface area contributed by atoms with E-state index in [1.807, 2.05) is 0 Å². The molecule has 150 valence electrons. The first-order valence-electron chi connectivity index (χ1n) is 8.85. The van der Waals surface area contributed by atoms with Crippen molar-refractivity contribution in [3.8, 4) is 11.5 Å². The Labute approximate surface area is 187 Å². The summed E-state index contributed by atoms with van der Waals surface area (Å²) in [7, 11) is 0. The molecule has 0 radical (unpaired) electrons. The maximum atomic E-state index is 12.6. The van der Waals surface area contributed by atoms with Gasteiger partial charge in [0.2, 0.25) is 5.78 Å². The molecular formula is C23H13Cl3O4. The summed E-state index contributed by atoms with van der Waals surface area (Å²) in [6.07, 6.45) is 1.59. The monoisotopic (exact) mass is 458 g/mol. The lowest BCUT2D eigenvalue weighted by molar-refractivity contribution is 0.0921. The Kier molecular flexibility index (Phi) is 5.82. The Hall–Kier alpha value is -2.79. The minimum Gasteiger partial charge on any atom is -0.485 e. The Morgan fingerprint density at radius 3 is 2.43 bits per heavy atom. The van der Waals surface area contributed by atoms with Crippen LogP contribution in [-0.4, -0.2) is 18.2 Å². The molecule has 0 unspecified atom stereocenters. The van der Waals surface area contributed by atoms with E-state index in [1.165, 1.54) is 0 Å². The number of hydrogen-bond acceptors (Lipinski definition) is 4. The van der Waals surface area contributed by atoms with Gasteiger partial charge in [-0.15, -0.1) is 0 Å². The van der Waals surface area contributed by atoms with Crippen LogP contribution in [0, 0.1) is 0 Å². The van der Waals surface area contributed by atoms with Gasteiger partial charge < -0.3 is 9.47 Å². The van der Waals surface area contributed by atoms with Gasteiger partial charge in [-0.3, -0.25) is 9.59 Å². The number of allylic oxidation sites excluding steroid dienone is 1. The van der Waals surface area contributed by atoms with Gasteiger partial charge in [0.15, 0.2) is 18.1 Å². The van der Waals surface area contributed by atoms with Crippen LogP contribution in [0.1, 0.15) is 26.3 Å². The lowest BCUT2D eigenvalue weighted by Gasteiger charge is -2.07. The third-order valence-corrected chi connectivity index (χ3v) is 5.41. The molecule has 0 aliphatic carbocycles. The normalized spacial score (nSPS) is 13.8. The lowest BCUT2D eigenvalue weighted by atomic mass is 10.1. The molecule has 4 rings (SSSR count). The number of ketones is 2. The van der Waals surface area contributed by atoms with E-state index in [2.05, 4.69) is 0 Å². The Morgan fingerprint density at radius 2 is 1.70 bits per heavy atom. The van der Waals surface area contributed by atoms with Crippen molar-refractivity contribution in [1.82, 2.24) is 0 Å². The second-order valence-electron chi connectivity index (χ2n) is 6.49. The molecule has 4 nitrogen and oxygen atoms in total. The van der Waals surface area contributed by atoms with Crippen LogP contribution in [0.3, 0.4) is 0 Å². The molecule has 0 saturated carbocycles. The average molecular weight is 460 g/mol. The maximum Gasteiger partial charge on any atom is 0.231 e. The molecular weight excluding hydrogens is 447 g/mol. The minimum atomic E-state index is -0.250. The highest BCUT2D eigenvalue weighted by Crippen LogP contribution is 2.35. The van der Waals surface area contributed by atoms with E-state index in [0.29, 0.717) is 43.3 Å². The number of carbonyl (C=O) groups excluding carboxylic acids is 2. The van der Waals surface area contributed by atoms with Gasteiger partial charge in [0, 0.05) is 16.7 Å². The highest BCUT2D eigenvalue weighted by atomic mass is 35.5. The topological polar surface area (TPSA) is 52.6 Å². The van der Waals surface area contributed by atoms with Crippen molar-refractivity contribution in [3.63, 3.8) is 0 Å². The van der Waals surface area contributed by atoms with Gasteiger partial charge in [-0.1, -0.05) is 40.9 Å². The molecule has 0 spiro atoms. The highest BCUT2D eigenvalue weighted by molar-refractivity contribution is 6.42. The quantitative estimate of drug-likeness (QED) is 0.322. The van der Waals surface area contributed by atoms with Crippen LogP contribution in [0.4, 0.5) is 0 Å². The minimum absolute atomic E-state index is 0.152. The Bertz CT molecular complexity index is 1180. The summed E-state index contributed by atoms with van der Waals surface area (Å²) in [4.78, 5) is 24.8. The molecule has 0 N–H and O–H groups in total. The number of halogens is 3. The van der Waals surface area contributed by atoms with Crippen LogP contribution in [0.15, 0.2) is 66.4 Å². The fraction of sp³-hybridized carbons (Fsp3) is 0.0435. The van der Waals surface area contributed by atoms with Gasteiger partial charge in [-0.05, 0) is 60.2 Å². The molecule has 0 amide bonds. The van der Waals surface area contributed by atoms with E-state index < -0.39 is 0 Å². The maximum absolute atomic E-state index is 12.6. The van der Waals surface area contributed by atoms with Crippen molar-refractivity contribution in [2.45, 2.75) is 0 Å². The zero-order valence-electron chi connectivity index (χ0n) is 15.3. The van der Waals surface area contributed by atoms with Gasteiger partial charge in [0.25, 0.3) is 0 Å². The molecule has 1 aliphatic heterocycles. The molecule has 0 atom stereocenters. The summed E-state index contributed by atoms with van der Waals surface area (Å²) in [6, 6.07) is 16.4. The number of Topliss-reactive ketones (excluding diaryl/α,β-unsaturated/α-hetero) is 2. The number of hydrogen-bond donors (Lipinski definition) is 0. The summed E-state index contributed by atoms with van der Waals surface area (Å²) in [6.45, 7) is -0.152. The van der Waals surface area contributed by atoms with Crippen molar-refractivity contribution in [2.75, 3.05) is 6.61 Å². The fourth-order valence-corrected chi connectivity index (χ4v) is 3.31. The lowest BCUT2D eigenvalue weighted by Crippen LogP contribution is -2.11. The summed E-state index contributed by atoms with van der Waals surface area (Å²) in [5, 5.41) is 1.36. The molecule has 0 bridgehead atoms. The van der Waals surface area contributed by atoms with E-state index in [0.717, 1.165) is 0 Å². The predicted octanol–water partition coefficient (Wildman–Crippen LogP) is 6.52. The third-order valence-electron chi connectivity index (χ3n) is 4.42. The molecule has 7 heteroatoms. The van der Waals surface area contributed by atoms with Gasteiger partial charge in [-0.2, -0.15) is 0 Å². The largest absolute Gasteiger partial charge is 0.485 e. The van der Waals surface area contributed by atoms with Gasteiger partial charge in [0.05, 0.1) is 15.6 Å². The molecule has 0 saturated heterocycles.